The van der Waals surface area contributed by atoms with Gasteiger partial charge < -0.3 is 19.9 Å². The number of benzene rings is 2. The third kappa shape index (κ3) is 6.38. The van der Waals surface area contributed by atoms with E-state index in [1.165, 1.54) is 10.4 Å². The van der Waals surface area contributed by atoms with Gasteiger partial charge in [0.25, 0.3) is 0 Å². The zero-order chi connectivity index (χ0) is 23.9. The van der Waals surface area contributed by atoms with Crippen LogP contribution in [0.2, 0.25) is 0 Å². The molecule has 178 valence electrons. The summed E-state index contributed by atoms with van der Waals surface area (Å²) in [5.74, 6) is 0.709. The van der Waals surface area contributed by atoms with Crippen molar-refractivity contribution in [2.75, 3.05) is 18.5 Å². The van der Waals surface area contributed by atoms with Crippen molar-refractivity contribution in [3.8, 4) is 5.75 Å². The van der Waals surface area contributed by atoms with E-state index in [9.17, 15) is 9.59 Å². The predicted molar refractivity (Wildman–Crippen MR) is 136 cm³/mol. The molecule has 3 aromatic rings. The minimum atomic E-state index is -0.244. The van der Waals surface area contributed by atoms with Gasteiger partial charge in [0.2, 0.25) is 5.91 Å². The van der Waals surface area contributed by atoms with Crippen molar-refractivity contribution in [1.29, 1.82) is 0 Å². The molecule has 0 radical (unpaired) electrons. The lowest BCUT2D eigenvalue weighted by Gasteiger charge is -2.28. The van der Waals surface area contributed by atoms with Gasteiger partial charge in [-0.15, -0.1) is 11.3 Å². The first-order valence-corrected chi connectivity index (χ1v) is 12.6. The quantitative estimate of drug-likeness (QED) is 0.409. The van der Waals surface area contributed by atoms with Crippen molar-refractivity contribution < 1.29 is 14.3 Å². The molecule has 1 aliphatic rings. The van der Waals surface area contributed by atoms with Crippen LogP contribution in [0.15, 0.2) is 66.0 Å². The first-order chi connectivity index (χ1) is 16.5. The van der Waals surface area contributed by atoms with Crippen molar-refractivity contribution in [2.24, 2.45) is 0 Å². The zero-order valence-electron chi connectivity index (χ0n) is 19.7. The van der Waals surface area contributed by atoms with Crippen molar-refractivity contribution in [1.82, 2.24) is 9.80 Å². The first kappa shape index (κ1) is 23.8. The molecule has 0 bridgehead atoms. The number of amides is 3. The van der Waals surface area contributed by atoms with Crippen LogP contribution >= 0.6 is 11.3 Å². The van der Waals surface area contributed by atoms with Crippen LogP contribution in [0.5, 0.6) is 5.75 Å². The van der Waals surface area contributed by atoms with E-state index in [1.807, 2.05) is 66.4 Å². The fraction of sp³-hybridized carbons (Fsp3) is 0.333. The summed E-state index contributed by atoms with van der Waals surface area (Å²) in [6.45, 7) is 5.70. The second kappa shape index (κ2) is 11.2. The van der Waals surface area contributed by atoms with Crippen LogP contribution in [-0.4, -0.2) is 40.9 Å². The fourth-order valence-electron chi connectivity index (χ4n) is 3.77. The number of aryl methyl sites for hydroxylation is 1. The highest BCUT2D eigenvalue weighted by molar-refractivity contribution is 7.10. The van der Waals surface area contributed by atoms with Gasteiger partial charge in [-0.2, -0.15) is 0 Å². The lowest BCUT2D eigenvalue weighted by molar-refractivity contribution is -0.133. The summed E-state index contributed by atoms with van der Waals surface area (Å²) in [5.41, 5.74) is 2.94. The van der Waals surface area contributed by atoms with Gasteiger partial charge in [-0.3, -0.25) is 4.79 Å². The number of thiophene rings is 1. The number of carbonyl (C=O) groups excluding carboxylic acids is 2. The van der Waals surface area contributed by atoms with Crippen LogP contribution in [-0.2, 0) is 17.9 Å². The molecule has 6 nitrogen and oxygen atoms in total. The molecule has 1 aromatic heterocycles. The molecular weight excluding hydrogens is 446 g/mol. The number of carbonyl (C=O) groups is 2. The number of hydrogen-bond donors (Lipinski definition) is 1. The summed E-state index contributed by atoms with van der Waals surface area (Å²) in [6, 6.07) is 19.2. The molecule has 4 rings (SSSR count). The monoisotopic (exact) mass is 477 g/mol. The number of ether oxygens (including phenoxy) is 1. The Morgan fingerprint density at radius 2 is 1.76 bits per heavy atom. The fourth-order valence-corrected chi connectivity index (χ4v) is 4.69. The third-order valence-electron chi connectivity index (χ3n) is 5.84. The van der Waals surface area contributed by atoms with E-state index in [-0.39, 0.29) is 24.5 Å². The minimum Gasteiger partial charge on any atom is -0.494 e. The molecule has 1 aliphatic carbocycles. The first-order valence-electron chi connectivity index (χ1n) is 11.7. The summed E-state index contributed by atoms with van der Waals surface area (Å²) < 4.78 is 5.47. The van der Waals surface area contributed by atoms with Crippen molar-refractivity contribution in [3.63, 3.8) is 0 Å². The minimum absolute atomic E-state index is 0.0506. The van der Waals surface area contributed by atoms with Crippen LogP contribution in [0.1, 0.15) is 35.8 Å². The maximum atomic E-state index is 13.5. The molecule has 3 amide bonds. The summed E-state index contributed by atoms with van der Waals surface area (Å²) >= 11 is 1.66. The smallest absolute Gasteiger partial charge is 0.322 e. The molecular formula is C27H31N3O3S. The Morgan fingerprint density at radius 3 is 2.38 bits per heavy atom. The lowest BCUT2D eigenvalue weighted by Crippen LogP contribution is -2.45. The van der Waals surface area contributed by atoms with Crippen molar-refractivity contribution in [2.45, 2.75) is 45.8 Å². The molecule has 2 aromatic carbocycles. The molecule has 1 heterocycles. The Bertz CT molecular complexity index is 1090. The third-order valence-corrected chi connectivity index (χ3v) is 6.85. The molecule has 1 fully saturated rings. The average molecular weight is 478 g/mol. The molecule has 34 heavy (non-hydrogen) atoms. The summed E-state index contributed by atoms with van der Waals surface area (Å²) in [7, 11) is 0. The number of rotatable bonds is 10. The highest BCUT2D eigenvalue weighted by atomic mass is 32.1. The molecule has 0 aliphatic heterocycles. The normalized spacial score (nSPS) is 12.8. The predicted octanol–water partition coefficient (Wildman–Crippen LogP) is 5.68. The van der Waals surface area contributed by atoms with Crippen LogP contribution in [0.25, 0.3) is 0 Å². The Kier molecular flexibility index (Phi) is 7.85. The molecule has 0 spiro atoms. The van der Waals surface area contributed by atoms with Crippen molar-refractivity contribution in [3.05, 3.63) is 82.0 Å². The molecule has 0 unspecified atom stereocenters. The molecule has 1 N–H and O–H groups in total. The van der Waals surface area contributed by atoms with Crippen LogP contribution in [0, 0.1) is 6.92 Å². The van der Waals surface area contributed by atoms with E-state index in [2.05, 4.69) is 23.7 Å². The number of urea groups is 1. The molecule has 0 atom stereocenters. The van der Waals surface area contributed by atoms with Gasteiger partial charge >= 0.3 is 6.03 Å². The van der Waals surface area contributed by atoms with Gasteiger partial charge in [-0.1, -0.05) is 30.3 Å². The summed E-state index contributed by atoms with van der Waals surface area (Å²) in [6.07, 6.45) is 1.85. The van der Waals surface area contributed by atoms with Gasteiger partial charge in [0.1, 0.15) is 12.3 Å². The number of hydrogen-bond acceptors (Lipinski definition) is 4. The topological polar surface area (TPSA) is 61.9 Å². The molecule has 1 saturated carbocycles. The highest BCUT2D eigenvalue weighted by Crippen LogP contribution is 2.28. The van der Waals surface area contributed by atoms with Gasteiger partial charge in [0, 0.05) is 23.2 Å². The maximum Gasteiger partial charge on any atom is 0.322 e. The summed E-state index contributed by atoms with van der Waals surface area (Å²) in [5, 5.41) is 5.00. The van der Waals surface area contributed by atoms with Gasteiger partial charge in [0.05, 0.1) is 13.2 Å². The largest absolute Gasteiger partial charge is 0.494 e. The number of nitrogens with one attached hydrogen (secondary N) is 1. The Hall–Kier alpha value is -3.32. The van der Waals surface area contributed by atoms with E-state index in [1.54, 1.807) is 16.2 Å². The number of anilines is 1. The van der Waals surface area contributed by atoms with Crippen LogP contribution < -0.4 is 10.1 Å². The SMILES string of the molecule is CCOc1ccc(NC(=O)N(CC(=O)N(Cc2ccccc2)Cc2sccc2C)C2CC2)cc1. The van der Waals surface area contributed by atoms with Crippen LogP contribution in [0.4, 0.5) is 10.5 Å². The maximum absolute atomic E-state index is 13.5. The second-order valence-electron chi connectivity index (χ2n) is 8.51. The average Bonchev–Trinajstić information content (AvgIpc) is 3.60. The lowest BCUT2D eigenvalue weighted by atomic mass is 10.2. The zero-order valence-corrected chi connectivity index (χ0v) is 20.5. The van der Waals surface area contributed by atoms with Gasteiger partial charge in [0.15, 0.2) is 0 Å². The Morgan fingerprint density at radius 1 is 1.03 bits per heavy atom. The van der Waals surface area contributed by atoms with E-state index in [4.69, 9.17) is 4.74 Å². The summed E-state index contributed by atoms with van der Waals surface area (Å²) in [4.78, 5) is 31.3. The van der Waals surface area contributed by atoms with Gasteiger partial charge in [-0.05, 0) is 73.5 Å². The molecule has 0 saturated heterocycles. The Balaban J connectivity index is 1.46. The van der Waals surface area contributed by atoms with Crippen molar-refractivity contribution >= 4 is 29.0 Å². The van der Waals surface area contributed by atoms with E-state index in [0.29, 0.717) is 25.4 Å². The van der Waals surface area contributed by atoms with E-state index >= 15 is 0 Å². The standard InChI is InChI=1S/C27H31N3O3S/c1-3-33-24-13-9-22(10-14-24)28-27(32)30(23-11-12-23)19-26(31)29(17-21-7-5-4-6-8-21)18-25-20(2)15-16-34-25/h4-10,13-16,23H,3,11-12,17-19H2,1-2H3,(H,28,32). The van der Waals surface area contributed by atoms with E-state index in [0.717, 1.165) is 24.2 Å². The Labute approximate surface area is 205 Å². The van der Waals surface area contributed by atoms with Gasteiger partial charge in [-0.25, -0.2) is 4.79 Å². The van der Waals surface area contributed by atoms with Crippen LogP contribution in [0.3, 0.4) is 0 Å². The second-order valence-corrected chi connectivity index (χ2v) is 9.51. The highest BCUT2D eigenvalue weighted by Gasteiger charge is 2.35. The molecule has 7 heteroatoms. The van der Waals surface area contributed by atoms with E-state index < -0.39 is 0 Å². The number of nitrogens with zero attached hydrogens (tertiary/aromatic N) is 2.